The first kappa shape index (κ1) is 19.0. The first-order chi connectivity index (χ1) is 13.9. The van der Waals surface area contributed by atoms with Crippen LogP contribution in [-0.2, 0) is 25.4 Å². The van der Waals surface area contributed by atoms with E-state index < -0.39 is 11.2 Å². The number of amides is 1. The van der Waals surface area contributed by atoms with E-state index in [1.165, 1.54) is 4.57 Å². The number of rotatable bonds is 5. The summed E-state index contributed by atoms with van der Waals surface area (Å²) >= 11 is 0. The van der Waals surface area contributed by atoms with Gasteiger partial charge < -0.3 is 15.2 Å². The van der Waals surface area contributed by atoms with Crippen molar-refractivity contribution in [2.45, 2.75) is 32.2 Å². The second-order valence-corrected chi connectivity index (χ2v) is 7.51. The van der Waals surface area contributed by atoms with E-state index >= 15 is 0 Å². The highest BCUT2D eigenvalue weighted by molar-refractivity contribution is 5.92. The van der Waals surface area contributed by atoms with Crippen molar-refractivity contribution in [2.75, 3.05) is 10.6 Å². The molecule has 152 valence electrons. The first-order valence-electron chi connectivity index (χ1n) is 9.73. The SMILES string of the molecule is Cn1c(NCc2cccc(NC(=O)C3CCCC3)c2)nc2c1c(=O)[nH]c(=O)n2C. The highest BCUT2D eigenvalue weighted by Gasteiger charge is 2.22. The van der Waals surface area contributed by atoms with Crippen molar-refractivity contribution in [1.82, 2.24) is 19.1 Å². The van der Waals surface area contributed by atoms with E-state index in [1.807, 2.05) is 24.3 Å². The number of anilines is 2. The van der Waals surface area contributed by atoms with Crippen LogP contribution >= 0.6 is 0 Å². The Balaban J connectivity index is 1.51. The van der Waals surface area contributed by atoms with Gasteiger partial charge in [0.1, 0.15) is 0 Å². The third-order valence-corrected chi connectivity index (χ3v) is 5.51. The number of hydrogen-bond acceptors (Lipinski definition) is 5. The Labute approximate surface area is 166 Å². The van der Waals surface area contributed by atoms with Gasteiger partial charge in [-0.1, -0.05) is 25.0 Å². The second-order valence-electron chi connectivity index (χ2n) is 7.51. The third kappa shape index (κ3) is 3.67. The quantitative estimate of drug-likeness (QED) is 0.607. The lowest BCUT2D eigenvalue weighted by Crippen LogP contribution is -2.29. The summed E-state index contributed by atoms with van der Waals surface area (Å²) in [6.07, 6.45) is 4.16. The minimum Gasteiger partial charge on any atom is -0.352 e. The fraction of sp³-hybridized carbons (Fsp3) is 0.400. The molecule has 3 N–H and O–H groups in total. The number of imidazole rings is 1. The Bertz CT molecular complexity index is 1180. The fourth-order valence-electron chi connectivity index (χ4n) is 3.84. The van der Waals surface area contributed by atoms with Gasteiger partial charge in [-0.15, -0.1) is 0 Å². The number of fused-ring (bicyclic) bond motifs is 1. The van der Waals surface area contributed by atoms with Gasteiger partial charge in [-0.3, -0.25) is 19.1 Å². The molecule has 3 aromatic rings. The lowest BCUT2D eigenvalue weighted by molar-refractivity contribution is -0.119. The number of H-pyrrole nitrogens is 1. The van der Waals surface area contributed by atoms with Crippen LogP contribution in [0.25, 0.3) is 11.2 Å². The summed E-state index contributed by atoms with van der Waals surface area (Å²) in [5.74, 6) is 0.678. The molecular formula is C20H24N6O3. The van der Waals surface area contributed by atoms with Crippen LogP contribution in [0.4, 0.5) is 11.6 Å². The van der Waals surface area contributed by atoms with E-state index in [0.29, 0.717) is 23.7 Å². The molecule has 2 heterocycles. The molecule has 4 rings (SSSR count). The molecule has 1 aliphatic rings. The molecule has 29 heavy (non-hydrogen) atoms. The number of aromatic amines is 1. The lowest BCUT2D eigenvalue weighted by atomic mass is 10.1. The summed E-state index contributed by atoms with van der Waals surface area (Å²) in [5.41, 5.74) is 1.41. The number of carbonyl (C=O) groups is 1. The van der Waals surface area contributed by atoms with Gasteiger partial charge in [0.15, 0.2) is 11.2 Å². The van der Waals surface area contributed by atoms with E-state index in [4.69, 9.17) is 0 Å². The highest BCUT2D eigenvalue weighted by Crippen LogP contribution is 2.26. The van der Waals surface area contributed by atoms with Crippen LogP contribution < -0.4 is 21.9 Å². The zero-order chi connectivity index (χ0) is 20.5. The molecule has 1 saturated carbocycles. The number of aryl methyl sites for hydroxylation is 2. The number of aromatic nitrogens is 4. The van der Waals surface area contributed by atoms with Crippen molar-refractivity contribution in [3.63, 3.8) is 0 Å². The zero-order valence-corrected chi connectivity index (χ0v) is 16.5. The Morgan fingerprint density at radius 3 is 2.72 bits per heavy atom. The summed E-state index contributed by atoms with van der Waals surface area (Å²) < 4.78 is 2.93. The van der Waals surface area contributed by atoms with Crippen molar-refractivity contribution in [1.29, 1.82) is 0 Å². The van der Waals surface area contributed by atoms with Crippen LogP contribution in [-0.4, -0.2) is 25.0 Å². The maximum Gasteiger partial charge on any atom is 0.329 e. The highest BCUT2D eigenvalue weighted by atomic mass is 16.2. The van der Waals surface area contributed by atoms with Gasteiger partial charge in [0, 0.05) is 32.2 Å². The van der Waals surface area contributed by atoms with Gasteiger partial charge in [-0.2, -0.15) is 4.98 Å². The normalized spacial score (nSPS) is 14.4. The Morgan fingerprint density at radius 1 is 1.21 bits per heavy atom. The minimum absolute atomic E-state index is 0.0862. The fourth-order valence-corrected chi connectivity index (χ4v) is 3.84. The maximum atomic E-state index is 12.3. The van der Waals surface area contributed by atoms with Crippen molar-refractivity contribution < 1.29 is 4.79 Å². The molecule has 1 amide bonds. The van der Waals surface area contributed by atoms with E-state index in [2.05, 4.69) is 20.6 Å². The topological polar surface area (TPSA) is 114 Å². The van der Waals surface area contributed by atoms with Crippen molar-refractivity contribution in [3.8, 4) is 0 Å². The van der Waals surface area contributed by atoms with E-state index in [0.717, 1.165) is 36.9 Å². The Hall–Kier alpha value is -3.36. The van der Waals surface area contributed by atoms with E-state index in [-0.39, 0.29) is 11.8 Å². The van der Waals surface area contributed by atoms with Crippen molar-refractivity contribution in [3.05, 3.63) is 50.7 Å². The lowest BCUT2D eigenvalue weighted by Gasteiger charge is -2.12. The van der Waals surface area contributed by atoms with Crippen LogP contribution in [0.5, 0.6) is 0 Å². The average molecular weight is 396 g/mol. The number of hydrogen-bond donors (Lipinski definition) is 3. The summed E-state index contributed by atoms with van der Waals surface area (Å²) in [4.78, 5) is 42.9. The summed E-state index contributed by atoms with van der Waals surface area (Å²) in [5, 5.41) is 6.20. The largest absolute Gasteiger partial charge is 0.352 e. The molecule has 0 radical (unpaired) electrons. The molecular weight excluding hydrogens is 372 g/mol. The average Bonchev–Trinajstić information content (AvgIpc) is 3.34. The summed E-state index contributed by atoms with van der Waals surface area (Å²) in [7, 11) is 3.28. The molecule has 0 bridgehead atoms. The van der Waals surface area contributed by atoms with Crippen LogP contribution in [0.15, 0.2) is 33.9 Å². The second kappa shape index (κ2) is 7.57. The predicted octanol–water partition coefficient (Wildman–Crippen LogP) is 1.70. The molecule has 1 fully saturated rings. The van der Waals surface area contributed by atoms with Crippen LogP contribution in [0.3, 0.4) is 0 Å². The summed E-state index contributed by atoms with van der Waals surface area (Å²) in [6.45, 7) is 0.455. The summed E-state index contributed by atoms with van der Waals surface area (Å²) in [6, 6.07) is 7.64. The number of nitrogens with one attached hydrogen (secondary N) is 3. The number of nitrogens with zero attached hydrogens (tertiary/aromatic N) is 3. The minimum atomic E-state index is -0.502. The van der Waals surface area contributed by atoms with Gasteiger partial charge in [0.05, 0.1) is 0 Å². The molecule has 1 aliphatic carbocycles. The monoisotopic (exact) mass is 396 g/mol. The van der Waals surface area contributed by atoms with Crippen molar-refractivity contribution >= 4 is 28.7 Å². The van der Waals surface area contributed by atoms with Crippen LogP contribution in [0.2, 0.25) is 0 Å². The predicted molar refractivity (Wildman–Crippen MR) is 111 cm³/mol. The molecule has 2 aromatic heterocycles. The molecule has 1 aromatic carbocycles. The smallest absolute Gasteiger partial charge is 0.329 e. The molecule has 9 nitrogen and oxygen atoms in total. The van der Waals surface area contributed by atoms with Gasteiger partial charge >= 0.3 is 5.69 Å². The van der Waals surface area contributed by atoms with Gasteiger partial charge in [-0.25, -0.2) is 4.79 Å². The molecule has 0 saturated heterocycles. The van der Waals surface area contributed by atoms with Gasteiger partial charge in [0.25, 0.3) is 5.56 Å². The standard InChI is InChI=1S/C20H24N6O3/c1-25-15-16(26(2)20(29)24-18(15)28)23-19(25)21-11-12-6-5-9-14(10-12)22-17(27)13-7-3-4-8-13/h5-6,9-10,13H,3-4,7-8,11H2,1-2H3,(H,21,23)(H,22,27)(H,24,28,29). The third-order valence-electron chi connectivity index (χ3n) is 5.51. The first-order valence-corrected chi connectivity index (χ1v) is 9.73. The Morgan fingerprint density at radius 2 is 1.97 bits per heavy atom. The van der Waals surface area contributed by atoms with Crippen LogP contribution in [0.1, 0.15) is 31.2 Å². The molecule has 0 spiro atoms. The molecule has 9 heteroatoms. The maximum absolute atomic E-state index is 12.3. The zero-order valence-electron chi connectivity index (χ0n) is 16.5. The molecule has 0 atom stereocenters. The van der Waals surface area contributed by atoms with Gasteiger partial charge in [0.2, 0.25) is 11.9 Å². The van der Waals surface area contributed by atoms with Crippen LogP contribution in [0, 0.1) is 5.92 Å². The number of benzene rings is 1. The molecule has 0 unspecified atom stereocenters. The Kier molecular flexibility index (Phi) is 4.96. The van der Waals surface area contributed by atoms with E-state index in [9.17, 15) is 14.4 Å². The number of carbonyl (C=O) groups excluding carboxylic acids is 1. The molecule has 0 aliphatic heterocycles. The van der Waals surface area contributed by atoms with Gasteiger partial charge in [-0.05, 0) is 30.5 Å². The van der Waals surface area contributed by atoms with E-state index in [1.54, 1.807) is 18.7 Å². The van der Waals surface area contributed by atoms with Crippen molar-refractivity contribution in [2.24, 2.45) is 20.0 Å².